The van der Waals surface area contributed by atoms with Crippen molar-refractivity contribution in [2.45, 2.75) is 0 Å². The Kier molecular flexibility index (Phi) is 589. The van der Waals surface area contributed by atoms with E-state index in [0.717, 1.165) is 0 Å². The van der Waals surface area contributed by atoms with Crippen LogP contribution in [0.5, 0.6) is 0 Å². The van der Waals surface area contributed by atoms with Crippen LogP contribution in [0.15, 0.2) is 0 Å². The van der Waals surface area contributed by atoms with E-state index in [1.807, 2.05) is 0 Å². The van der Waals surface area contributed by atoms with E-state index in [1.54, 1.807) is 0 Å². The maximum Gasteiger partial charge on any atom is 2.00 e. The zero-order chi connectivity index (χ0) is 0. The van der Waals surface area contributed by atoms with Crippen LogP contribution in [0.25, 0.3) is 0 Å². The summed E-state index contributed by atoms with van der Waals surface area (Å²) in [5.74, 6) is 0. The third kappa shape index (κ3) is 26.0. The normalized spacial score (nSPS) is 0. The van der Waals surface area contributed by atoms with Gasteiger partial charge in [-0.15, -0.1) is 0 Å². The van der Waals surface area contributed by atoms with Gasteiger partial charge in [0.25, 0.3) is 0 Å². The van der Waals surface area contributed by atoms with Crippen LogP contribution in [0.3, 0.4) is 0 Å². The summed E-state index contributed by atoms with van der Waals surface area (Å²) in [7, 11) is 0. The maximum absolute atomic E-state index is 0. The molecule has 0 aromatic rings. The van der Waals surface area contributed by atoms with Crippen molar-refractivity contribution in [1.29, 1.82) is 0 Å². The van der Waals surface area contributed by atoms with Gasteiger partial charge in [0.2, 0.25) is 0 Å². The fourth-order valence-corrected chi connectivity index (χ4v) is 0. The van der Waals surface area contributed by atoms with Gasteiger partial charge in [0.15, 0.2) is 0 Å². The fraction of sp³-hybridized carbons (Fsp3) is 0. The number of hydrogen-bond donors (Lipinski definition) is 0. The second-order valence-electron chi connectivity index (χ2n) is 0. The topological polar surface area (TPSA) is 0 Å². The molecule has 0 aromatic heterocycles. The first-order valence-corrected chi connectivity index (χ1v) is 0. The molecule has 0 atom stereocenters. The van der Waals surface area contributed by atoms with Gasteiger partial charge in [-0.3, -0.25) is 0 Å². The molecule has 0 bridgehead atoms. The van der Waals surface area contributed by atoms with E-state index in [-0.39, 0.29) is 74.2 Å². The maximum atomic E-state index is 0. The molecule has 0 unspecified atom stereocenters. The molecule has 0 saturated carbocycles. The quantitative estimate of drug-likeness (QED) is 0.344. The van der Waals surface area contributed by atoms with Crippen molar-refractivity contribution in [2.24, 2.45) is 0 Å². The Morgan fingerprint density at radius 2 is 0.600 bits per heavy atom. The summed E-state index contributed by atoms with van der Waals surface area (Å²) >= 11 is 0. The first-order chi connectivity index (χ1) is 0. The van der Waals surface area contributed by atoms with Gasteiger partial charge in [0, 0.05) is 0 Å². The standard InChI is InChI=1S/Ag.Ca.3FH/h;;3*1H/q+1;+2;;;/p-3. The Morgan fingerprint density at radius 3 is 0.600 bits per heavy atom. The molecule has 5 heavy (non-hydrogen) atoms. The van der Waals surface area contributed by atoms with E-state index >= 15 is 0 Å². The van der Waals surface area contributed by atoms with Gasteiger partial charge >= 0.3 is 60.1 Å². The average molecular weight is 205 g/mol. The molecule has 0 amide bonds. The van der Waals surface area contributed by atoms with E-state index in [9.17, 15) is 0 Å². The monoisotopic (exact) mass is 204 g/mol. The van der Waals surface area contributed by atoms with Crippen LogP contribution in [0.4, 0.5) is 0 Å². The van der Waals surface area contributed by atoms with Crippen molar-refractivity contribution < 1.29 is 36.5 Å². The first-order valence-electron chi connectivity index (χ1n) is 0. The van der Waals surface area contributed by atoms with Crippen molar-refractivity contribution in [3.8, 4) is 0 Å². The van der Waals surface area contributed by atoms with Gasteiger partial charge in [-0.1, -0.05) is 0 Å². The second-order valence-corrected chi connectivity index (χ2v) is 0. The molecule has 0 saturated heterocycles. The molecule has 5 heteroatoms. The number of rotatable bonds is 0. The molecule has 0 aromatic carbocycles. The van der Waals surface area contributed by atoms with Crippen LogP contribution in [0.2, 0.25) is 0 Å². The average Bonchev–Trinajstić information content (AvgIpc) is 0. The predicted molar refractivity (Wildman–Crippen MR) is 5.75 cm³/mol. The van der Waals surface area contributed by atoms with Crippen molar-refractivity contribution in [2.75, 3.05) is 0 Å². The summed E-state index contributed by atoms with van der Waals surface area (Å²) < 4.78 is 0. The Hall–Kier alpha value is 1.79. The first kappa shape index (κ1) is 71.0. The summed E-state index contributed by atoms with van der Waals surface area (Å²) in [4.78, 5) is 0. The smallest absolute Gasteiger partial charge is 1.00 e. The third-order valence-corrected chi connectivity index (χ3v) is 0. The molecular weight excluding hydrogens is 205 g/mol. The minimum absolute atomic E-state index is 0. The van der Waals surface area contributed by atoms with Crippen LogP contribution in [-0.2, 0) is 22.4 Å². The minimum atomic E-state index is 0. The number of hydrogen-bond acceptors (Lipinski definition) is 0. The molecule has 0 radical (unpaired) electrons. The zero-order valence-electron chi connectivity index (χ0n) is 2.14. The molecule has 0 nitrogen and oxygen atoms in total. The van der Waals surface area contributed by atoms with Gasteiger partial charge in [0.05, 0.1) is 0 Å². The molecule has 0 aliphatic carbocycles. The largest absolute Gasteiger partial charge is 2.00 e. The van der Waals surface area contributed by atoms with Crippen molar-refractivity contribution in [3.63, 3.8) is 0 Å². The third-order valence-electron chi connectivity index (χ3n) is 0. The minimum Gasteiger partial charge on any atom is -1.00 e. The summed E-state index contributed by atoms with van der Waals surface area (Å²) in [6, 6.07) is 0. The summed E-state index contributed by atoms with van der Waals surface area (Å²) in [5.41, 5.74) is 0. The summed E-state index contributed by atoms with van der Waals surface area (Å²) in [6.45, 7) is 0. The van der Waals surface area contributed by atoms with E-state index < -0.39 is 0 Å². The molecule has 0 fully saturated rings. The Labute approximate surface area is 73.3 Å². The Bertz CT molecular complexity index is 6.85. The number of halogens is 3. The molecule has 0 aliphatic heterocycles. The van der Waals surface area contributed by atoms with E-state index in [0.29, 0.717) is 0 Å². The summed E-state index contributed by atoms with van der Waals surface area (Å²) in [6.07, 6.45) is 0. The van der Waals surface area contributed by atoms with Gasteiger partial charge in [0.1, 0.15) is 0 Å². The second kappa shape index (κ2) is 41.5. The van der Waals surface area contributed by atoms with Crippen molar-refractivity contribution >= 4 is 37.7 Å². The van der Waals surface area contributed by atoms with Gasteiger partial charge < -0.3 is 14.1 Å². The predicted octanol–water partition coefficient (Wildman–Crippen LogP) is -9.37. The Balaban J connectivity index is 0. The molecule has 0 rings (SSSR count). The van der Waals surface area contributed by atoms with Crippen LogP contribution >= 0.6 is 0 Å². The summed E-state index contributed by atoms with van der Waals surface area (Å²) in [5, 5.41) is 0. The zero-order valence-corrected chi connectivity index (χ0v) is 5.83. The fourth-order valence-electron chi connectivity index (χ4n) is 0. The van der Waals surface area contributed by atoms with Crippen LogP contribution in [0.1, 0.15) is 0 Å². The van der Waals surface area contributed by atoms with Crippen LogP contribution < -0.4 is 14.1 Å². The van der Waals surface area contributed by atoms with E-state index in [1.165, 1.54) is 0 Å². The molecule has 34 valence electrons. The SMILES string of the molecule is [Ag+].[Ca+2].[F-].[F-].[F-]. The van der Waals surface area contributed by atoms with Gasteiger partial charge in [-0.25, -0.2) is 0 Å². The van der Waals surface area contributed by atoms with E-state index in [4.69, 9.17) is 0 Å². The molecule has 0 N–H and O–H groups in total. The molecule has 0 aliphatic rings. The Morgan fingerprint density at radius 1 is 0.600 bits per heavy atom. The van der Waals surface area contributed by atoms with E-state index in [2.05, 4.69) is 0 Å². The van der Waals surface area contributed by atoms with Crippen LogP contribution in [-0.4, -0.2) is 37.7 Å². The van der Waals surface area contributed by atoms with Gasteiger partial charge in [-0.2, -0.15) is 0 Å². The van der Waals surface area contributed by atoms with Gasteiger partial charge in [-0.05, 0) is 0 Å². The van der Waals surface area contributed by atoms with Crippen molar-refractivity contribution in [3.05, 3.63) is 0 Å². The van der Waals surface area contributed by atoms with Crippen LogP contribution in [0, 0.1) is 0 Å². The molecule has 0 spiro atoms. The molecular formula is AgCaF3. The van der Waals surface area contributed by atoms with Crippen molar-refractivity contribution in [1.82, 2.24) is 0 Å². The molecule has 0 heterocycles.